The van der Waals surface area contributed by atoms with E-state index in [1.54, 1.807) is 19.3 Å². The fraction of sp³-hybridized carbons (Fsp3) is 1.00. The Hall–Kier alpha value is 0.0300. The number of rotatable bonds is 7. The molecule has 0 spiro atoms. The molecule has 0 aromatic rings. The topological polar surface area (TPSA) is 88.0 Å². The van der Waals surface area contributed by atoms with Gasteiger partial charge in [0.05, 0.1) is 19.4 Å². The van der Waals surface area contributed by atoms with Crippen molar-refractivity contribution in [2.45, 2.75) is 20.1 Å². The largest absolute Gasteiger partial charge is 0.376 e. The molecule has 1 atom stereocenters. The summed E-state index contributed by atoms with van der Waals surface area (Å²) in [5, 5.41) is 17.3. The van der Waals surface area contributed by atoms with Crippen molar-refractivity contribution in [3.05, 3.63) is 0 Å². The summed E-state index contributed by atoms with van der Waals surface area (Å²) in [6, 6.07) is 0. The summed E-state index contributed by atoms with van der Waals surface area (Å²) in [6.45, 7) is 3.81. The van der Waals surface area contributed by atoms with Crippen LogP contribution in [-0.4, -0.2) is 35.9 Å². The fourth-order valence-corrected chi connectivity index (χ4v) is 2.37. The van der Waals surface area contributed by atoms with Crippen LogP contribution in [0, 0.1) is 0 Å². The number of hydrogen-bond donors (Lipinski definition) is 3. The van der Waals surface area contributed by atoms with Gasteiger partial charge in [0.15, 0.2) is 0 Å². The summed E-state index contributed by atoms with van der Waals surface area (Å²) in [5.41, 5.74) is 1.56. The van der Waals surface area contributed by atoms with Crippen molar-refractivity contribution in [3.8, 4) is 0 Å². The molecule has 0 aromatic carbocycles. The van der Waals surface area contributed by atoms with Crippen LogP contribution in [0.3, 0.4) is 0 Å². The summed E-state index contributed by atoms with van der Waals surface area (Å²) in [7, 11) is -3.26. The van der Waals surface area contributed by atoms with Crippen molar-refractivity contribution in [3.63, 3.8) is 0 Å². The molecule has 0 fully saturated rings. The van der Waals surface area contributed by atoms with Gasteiger partial charge in [-0.1, -0.05) is 0 Å². The third kappa shape index (κ3) is 5.36. The first-order chi connectivity index (χ1) is 6.08. The van der Waals surface area contributed by atoms with Crippen LogP contribution in [0.1, 0.15) is 13.8 Å². The number of hydroxylamine groups is 1. The van der Waals surface area contributed by atoms with Gasteiger partial charge in [-0.25, -0.2) is 0 Å². The van der Waals surface area contributed by atoms with E-state index in [9.17, 15) is 4.57 Å². The molecule has 0 radical (unpaired) electrons. The standard InChI is InChI=1S/C6H16NO5P/c1-3-11-13(10,12-4-2)5-6(8)7-9/h6-9H,3-5H2,1-2H3. The van der Waals surface area contributed by atoms with Crippen LogP contribution >= 0.6 is 7.60 Å². The van der Waals surface area contributed by atoms with E-state index in [1.165, 1.54) is 0 Å². The minimum absolute atomic E-state index is 0.232. The molecule has 0 heterocycles. The van der Waals surface area contributed by atoms with E-state index in [0.29, 0.717) is 0 Å². The number of aliphatic hydroxyl groups is 1. The van der Waals surface area contributed by atoms with Crippen molar-refractivity contribution in [1.29, 1.82) is 0 Å². The summed E-state index contributed by atoms with van der Waals surface area (Å²) in [5.74, 6) is 0. The molecular formula is C6H16NO5P. The van der Waals surface area contributed by atoms with E-state index in [1.807, 2.05) is 0 Å². The second kappa shape index (κ2) is 6.48. The van der Waals surface area contributed by atoms with Crippen molar-refractivity contribution in [2.75, 3.05) is 19.4 Å². The van der Waals surface area contributed by atoms with Gasteiger partial charge in [-0.15, -0.1) is 0 Å². The molecule has 0 aliphatic heterocycles. The highest BCUT2D eigenvalue weighted by Crippen LogP contribution is 2.48. The third-order valence-corrected chi connectivity index (χ3v) is 3.29. The van der Waals surface area contributed by atoms with E-state index < -0.39 is 13.8 Å². The minimum atomic E-state index is -3.26. The minimum Gasteiger partial charge on any atom is -0.376 e. The molecular weight excluding hydrogens is 197 g/mol. The zero-order chi connectivity index (χ0) is 10.3. The van der Waals surface area contributed by atoms with Gasteiger partial charge in [-0.05, 0) is 13.8 Å². The lowest BCUT2D eigenvalue weighted by atomic mass is 10.7. The highest BCUT2D eigenvalue weighted by molar-refractivity contribution is 7.53. The maximum Gasteiger partial charge on any atom is 0.334 e. The average Bonchev–Trinajstić information content (AvgIpc) is 2.04. The highest BCUT2D eigenvalue weighted by atomic mass is 31.2. The lowest BCUT2D eigenvalue weighted by molar-refractivity contribution is 0.0120. The Balaban J connectivity index is 4.14. The SMILES string of the molecule is CCOP(=O)(CC(O)NO)OCC. The highest BCUT2D eigenvalue weighted by Gasteiger charge is 2.27. The van der Waals surface area contributed by atoms with Crippen LogP contribution < -0.4 is 5.48 Å². The monoisotopic (exact) mass is 213 g/mol. The summed E-state index contributed by atoms with van der Waals surface area (Å²) < 4.78 is 21.4. The van der Waals surface area contributed by atoms with Crippen LogP contribution in [0.2, 0.25) is 0 Å². The van der Waals surface area contributed by atoms with Crippen LogP contribution in [0.4, 0.5) is 0 Å². The molecule has 1 unspecified atom stereocenters. The van der Waals surface area contributed by atoms with Crippen molar-refractivity contribution < 1.29 is 23.9 Å². The van der Waals surface area contributed by atoms with E-state index in [0.717, 1.165) is 0 Å². The van der Waals surface area contributed by atoms with Gasteiger partial charge < -0.3 is 19.4 Å². The molecule has 0 aliphatic rings. The van der Waals surface area contributed by atoms with Crippen molar-refractivity contribution >= 4 is 7.60 Å². The van der Waals surface area contributed by atoms with Crippen LogP contribution in [0.5, 0.6) is 0 Å². The van der Waals surface area contributed by atoms with Gasteiger partial charge >= 0.3 is 7.60 Å². The Bertz CT molecular complexity index is 166. The smallest absolute Gasteiger partial charge is 0.334 e. The first-order valence-electron chi connectivity index (χ1n) is 4.03. The molecule has 0 rings (SSSR count). The zero-order valence-corrected chi connectivity index (χ0v) is 8.66. The summed E-state index contributed by atoms with van der Waals surface area (Å²) in [4.78, 5) is 0. The quantitative estimate of drug-likeness (QED) is 0.325. The second-order valence-electron chi connectivity index (χ2n) is 2.27. The maximum atomic E-state index is 11.6. The van der Waals surface area contributed by atoms with Gasteiger partial charge in [-0.2, -0.15) is 5.48 Å². The predicted molar refractivity (Wildman–Crippen MR) is 46.7 cm³/mol. The third-order valence-electron chi connectivity index (χ3n) is 1.20. The fourth-order valence-electron chi connectivity index (χ4n) is 0.789. The summed E-state index contributed by atoms with van der Waals surface area (Å²) >= 11 is 0. The maximum absolute atomic E-state index is 11.6. The molecule has 0 amide bonds. The first kappa shape index (κ1) is 13.0. The Morgan fingerprint density at radius 1 is 1.38 bits per heavy atom. The van der Waals surface area contributed by atoms with E-state index in [4.69, 9.17) is 19.4 Å². The second-order valence-corrected chi connectivity index (χ2v) is 4.38. The molecule has 0 aromatic heterocycles. The Labute approximate surface area is 77.3 Å². The van der Waals surface area contributed by atoms with Crippen LogP contribution in [0.25, 0.3) is 0 Å². The van der Waals surface area contributed by atoms with Crippen LogP contribution in [-0.2, 0) is 13.6 Å². The average molecular weight is 213 g/mol. The normalized spacial score (nSPS) is 14.5. The van der Waals surface area contributed by atoms with E-state index in [-0.39, 0.29) is 19.4 Å². The Kier molecular flexibility index (Phi) is 6.49. The molecule has 7 heteroatoms. The Morgan fingerprint density at radius 2 is 1.85 bits per heavy atom. The molecule has 0 saturated carbocycles. The lowest BCUT2D eigenvalue weighted by Crippen LogP contribution is -2.29. The summed E-state index contributed by atoms with van der Waals surface area (Å²) in [6.07, 6.45) is -1.57. The van der Waals surface area contributed by atoms with Gasteiger partial charge in [0.2, 0.25) is 0 Å². The first-order valence-corrected chi connectivity index (χ1v) is 5.76. The van der Waals surface area contributed by atoms with Crippen molar-refractivity contribution in [2.24, 2.45) is 0 Å². The number of aliphatic hydroxyl groups excluding tert-OH is 1. The van der Waals surface area contributed by atoms with Gasteiger partial charge in [0.1, 0.15) is 6.23 Å². The van der Waals surface area contributed by atoms with E-state index in [2.05, 4.69) is 0 Å². The number of nitrogens with one attached hydrogen (secondary N) is 1. The molecule has 13 heavy (non-hydrogen) atoms. The molecule has 3 N–H and O–H groups in total. The van der Waals surface area contributed by atoms with Gasteiger partial charge in [-0.3, -0.25) is 4.57 Å². The van der Waals surface area contributed by atoms with Crippen LogP contribution in [0.15, 0.2) is 0 Å². The molecule has 0 saturated heterocycles. The number of hydrogen-bond acceptors (Lipinski definition) is 6. The van der Waals surface area contributed by atoms with Gasteiger partial charge in [0, 0.05) is 0 Å². The molecule has 0 bridgehead atoms. The van der Waals surface area contributed by atoms with Gasteiger partial charge in [0.25, 0.3) is 0 Å². The van der Waals surface area contributed by atoms with Crippen molar-refractivity contribution in [1.82, 2.24) is 5.48 Å². The molecule has 6 nitrogen and oxygen atoms in total. The van der Waals surface area contributed by atoms with E-state index >= 15 is 0 Å². The Morgan fingerprint density at radius 3 is 2.15 bits per heavy atom. The lowest BCUT2D eigenvalue weighted by Gasteiger charge is -2.18. The molecule has 0 aliphatic carbocycles. The molecule has 80 valence electrons. The predicted octanol–water partition coefficient (Wildman–Crippen LogP) is 0.550. The zero-order valence-electron chi connectivity index (χ0n) is 7.77.